The van der Waals surface area contributed by atoms with Gasteiger partial charge in [-0.3, -0.25) is 0 Å². The van der Waals surface area contributed by atoms with E-state index < -0.39 is 6.29 Å². The molecule has 98 valence electrons. The molecule has 5 atom stereocenters. The fourth-order valence-corrected chi connectivity index (χ4v) is 5.36. The van der Waals surface area contributed by atoms with Crippen molar-refractivity contribution in [2.75, 3.05) is 6.61 Å². The Morgan fingerprint density at radius 3 is 2.65 bits per heavy atom. The summed E-state index contributed by atoms with van der Waals surface area (Å²) in [5, 5.41) is 9.94. The lowest BCUT2D eigenvalue weighted by Gasteiger charge is -2.57. The first-order chi connectivity index (χ1) is 7.95. The average molecular weight is 238 g/mol. The molecule has 3 rings (SSSR count). The van der Waals surface area contributed by atoms with Gasteiger partial charge in [-0.25, -0.2) is 0 Å². The van der Waals surface area contributed by atoms with Gasteiger partial charge in [-0.2, -0.15) is 0 Å². The molecule has 0 radical (unpaired) electrons. The fraction of sp³-hybridized carbons (Fsp3) is 1.00. The van der Waals surface area contributed by atoms with E-state index in [9.17, 15) is 5.11 Å². The topological polar surface area (TPSA) is 29.5 Å². The summed E-state index contributed by atoms with van der Waals surface area (Å²) < 4.78 is 5.54. The van der Waals surface area contributed by atoms with Crippen LogP contribution in [0.2, 0.25) is 0 Å². The molecule has 1 unspecified atom stereocenters. The maximum absolute atomic E-state index is 9.94. The predicted octanol–water partition coefficient (Wildman–Crippen LogP) is 3.19. The van der Waals surface area contributed by atoms with Crippen molar-refractivity contribution in [2.45, 2.75) is 59.2 Å². The van der Waals surface area contributed by atoms with Crippen LogP contribution in [-0.2, 0) is 4.74 Å². The molecule has 17 heavy (non-hydrogen) atoms. The van der Waals surface area contributed by atoms with E-state index in [0.29, 0.717) is 22.7 Å². The van der Waals surface area contributed by atoms with Gasteiger partial charge in [-0.1, -0.05) is 27.2 Å². The minimum absolute atomic E-state index is 0.405. The second-order valence-corrected chi connectivity index (χ2v) is 7.47. The third kappa shape index (κ3) is 1.60. The highest BCUT2D eigenvalue weighted by molar-refractivity contribution is 5.05. The smallest absolute Gasteiger partial charge is 0.157 e. The molecule has 0 aromatic heterocycles. The molecule has 2 saturated carbocycles. The van der Waals surface area contributed by atoms with Gasteiger partial charge in [0.15, 0.2) is 6.29 Å². The third-order valence-corrected chi connectivity index (χ3v) is 6.24. The Balaban J connectivity index is 1.93. The Morgan fingerprint density at radius 1 is 1.12 bits per heavy atom. The summed E-state index contributed by atoms with van der Waals surface area (Å²) >= 11 is 0. The molecule has 1 heterocycles. The molecule has 1 N–H and O–H groups in total. The molecule has 2 heteroatoms. The number of hydrogen-bond acceptors (Lipinski definition) is 2. The molecule has 2 aliphatic carbocycles. The third-order valence-electron chi connectivity index (χ3n) is 6.24. The van der Waals surface area contributed by atoms with Crippen molar-refractivity contribution in [3.8, 4) is 0 Å². The number of hydrogen-bond donors (Lipinski definition) is 1. The van der Waals surface area contributed by atoms with Crippen LogP contribution in [-0.4, -0.2) is 18.0 Å². The maximum Gasteiger partial charge on any atom is 0.157 e. The number of ether oxygens (including phenoxy) is 1. The lowest BCUT2D eigenvalue weighted by Crippen LogP contribution is -2.51. The van der Waals surface area contributed by atoms with Gasteiger partial charge in [0.25, 0.3) is 0 Å². The Bertz CT molecular complexity index is 312. The van der Waals surface area contributed by atoms with E-state index in [1.54, 1.807) is 0 Å². The monoisotopic (exact) mass is 238 g/mol. The van der Waals surface area contributed by atoms with Crippen LogP contribution in [0.15, 0.2) is 0 Å². The van der Waals surface area contributed by atoms with E-state index >= 15 is 0 Å². The molecule has 0 spiro atoms. The van der Waals surface area contributed by atoms with Crippen LogP contribution < -0.4 is 0 Å². The van der Waals surface area contributed by atoms with Gasteiger partial charge in [0.05, 0.1) is 6.61 Å². The first-order valence-electron chi connectivity index (χ1n) is 7.25. The second-order valence-electron chi connectivity index (χ2n) is 7.47. The van der Waals surface area contributed by atoms with Crippen LogP contribution in [0.4, 0.5) is 0 Å². The van der Waals surface area contributed by atoms with E-state index in [0.717, 1.165) is 18.9 Å². The van der Waals surface area contributed by atoms with E-state index in [-0.39, 0.29) is 0 Å². The van der Waals surface area contributed by atoms with Gasteiger partial charge in [-0.15, -0.1) is 0 Å². The molecular weight excluding hydrogens is 212 g/mol. The summed E-state index contributed by atoms with van der Waals surface area (Å²) in [5.74, 6) is 1.82. The first kappa shape index (κ1) is 12.0. The minimum Gasteiger partial charge on any atom is -0.368 e. The minimum atomic E-state index is -0.484. The number of rotatable bonds is 0. The molecule has 0 aromatic rings. The van der Waals surface area contributed by atoms with Crippen molar-refractivity contribution in [1.82, 2.24) is 0 Å². The summed E-state index contributed by atoms with van der Waals surface area (Å²) in [6.45, 7) is 8.15. The largest absolute Gasteiger partial charge is 0.368 e. The van der Waals surface area contributed by atoms with Crippen molar-refractivity contribution in [1.29, 1.82) is 0 Å². The average Bonchev–Trinajstić information content (AvgIpc) is 2.60. The van der Waals surface area contributed by atoms with Gasteiger partial charge in [0.2, 0.25) is 0 Å². The zero-order chi connectivity index (χ0) is 12.3. The summed E-state index contributed by atoms with van der Waals surface area (Å²) in [6, 6.07) is 0. The second kappa shape index (κ2) is 3.71. The molecule has 1 aliphatic heterocycles. The summed E-state index contributed by atoms with van der Waals surface area (Å²) in [7, 11) is 0. The van der Waals surface area contributed by atoms with Crippen molar-refractivity contribution in [2.24, 2.45) is 28.6 Å². The Hall–Kier alpha value is -0.0800. The predicted molar refractivity (Wildman–Crippen MR) is 67.4 cm³/mol. The molecule has 3 fully saturated rings. The normalized spacial score (nSPS) is 52.9. The van der Waals surface area contributed by atoms with Crippen LogP contribution >= 0.6 is 0 Å². The van der Waals surface area contributed by atoms with Gasteiger partial charge in [0.1, 0.15) is 0 Å². The fourth-order valence-electron chi connectivity index (χ4n) is 5.36. The highest BCUT2D eigenvalue weighted by Crippen LogP contribution is 2.62. The van der Waals surface area contributed by atoms with E-state index in [1.807, 2.05) is 0 Å². The lowest BCUT2D eigenvalue weighted by atomic mass is 9.47. The molecule has 3 aliphatic rings. The first-order valence-corrected chi connectivity index (χ1v) is 7.25. The Labute approximate surface area is 105 Å². The number of fused-ring (bicyclic) bond motifs is 3. The summed E-state index contributed by atoms with van der Waals surface area (Å²) in [5.41, 5.74) is 0.883. The molecular formula is C15H26O2. The zero-order valence-electron chi connectivity index (χ0n) is 11.4. The zero-order valence-corrected chi connectivity index (χ0v) is 11.4. The Morgan fingerprint density at radius 2 is 1.88 bits per heavy atom. The maximum atomic E-state index is 9.94. The van der Waals surface area contributed by atoms with E-state index in [1.165, 1.54) is 25.7 Å². The van der Waals surface area contributed by atoms with Crippen LogP contribution in [0.5, 0.6) is 0 Å². The summed E-state index contributed by atoms with van der Waals surface area (Å²) in [4.78, 5) is 0. The molecule has 0 aromatic carbocycles. The summed E-state index contributed by atoms with van der Waals surface area (Å²) in [6.07, 6.45) is 6.01. The highest BCUT2D eigenvalue weighted by atomic mass is 16.6. The highest BCUT2D eigenvalue weighted by Gasteiger charge is 2.57. The van der Waals surface area contributed by atoms with Gasteiger partial charge in [0, 0.05) is 5.92 Å². The van der Waals surface area contributed by atoms with Crippen LogP contribution in [0.3, 0.4) is 0 Å². The molecule has 2 nitrogen and oxygen atoms in total. The van der Waals surface area contributed by atoms with Crippen molar-refractivity contribution >= 4 is 0 Å². The van der Waals surface area contributed by atoms with Crippen LogP contribution in [0.1, 0.15) is 52.9 Å². The Kier molecular flexibility index (Phi) is 2.61. The number of aliphatic hydroxyl groups is 1. The van der Waals surface area contributed by atoms with E-state index in [2.05, 4.69) is 20.8 Å². The van der Waals surface area contributed by atoms with Crippen LogP contribution in [0, 0.1) is 28.6 Å². The standard InChI is InChI=1S/C15H26O2/c1-14(2)7-4-8-15(3)11-9-17-13(16)10(11)5-6-12(14)15/h10-13,16H,4-9H2,1-3H3/t10-,11-,12?,13+,15+/m0/s1. The molecule has 0 bridgehead atoms. The molecule has 0 amide bonds. The van der Waals surface area contributed by atoms with Gasteiger partial charge >= 0.3 is 0 Å². The molecule has 1 saturated heterocycles. The van der Waals surface area contributed by atoms with Crippen molar-refractivity contribution < 1.29 is 9.84 Å². The van der Waals surface area contributed by atoms with Crippen molar-refractivity contribution in [3.05, 3.63) is 0 Å². The van der Waals surface area contributed by atoms with Gasteiger partial charge < -0.3 is 9.84 Å². The van der Waals surface area contributed by atoms with E-state index in [4.69, 9.17) is 4.74 Å². The SMILES string of the molecule is CC1(C)CCC[C@@]2(C)C1CC[C@@H]1[C@H](O)OC[C@@H]12. The van der Waals surface area contributed by atoms with Crippen molar-refractivity contribution in [3.63, 3.8) is 0 Å². The number of aliphatic hydroxyl groups excluding tert-OH is 1. The lowest BCUT2D eigenvalue weighted by molar-refractivity contribution is -0.110. The van der Waals surface area contributed by atoms with Crippen LogP contribution in [0.25, 0.3) is 0 Å². The van der Waals surface area contributed by atoms with Gasteiger partial charge in [-0.05, 0) is 48.3 Å². The quantitative estimate of drug-likeness (QED) is 0.702.